The topological polar surface area (TPSA) is 47.6 Å². The second-order valence-corrected chi connectivity index (χ2v) is 6.41. The highest BCUT2D eigenvalue weighted by Gasteiger charge is 2.20. The molecule has 0 radical (unpaired) electrons. The number of nitrogens with one attached hydrogen (secondary N) is 1. The van der Waals surface area contributed by atoms with Crippen LogP contribution in [0, 0.1) is 6.92 Å². The van der Waals surface area contributed by atoms with Gasteiger partial charge in [0.15, 0.2) is 12.5 Å². The predicted molar refractivity (Wildman–Crippen MR) is 97.3 cm³/mol. The Kier molecular flexibility index (Phi) is 6.72. The first-order valence-corrected chi connectivity index (χ1v) is 8.37. The standard InChI is InChI=1S/C15H10Cl5NO3/c1-7-4-2-3-5-8(7)24-15(22)21-6-23-14-12(19)10(17)9(16)11(18)13(14)20/h2-5H,6H2,1H3,(H,21,22). The van der Waals surface area contributed by atoms with Gasteiger partial charge in [0.1, 0.15) is 15.8 Å². The molecule has 4 nitrogen and oxygen atoms in total. The number of rotatable bonds is 4. The smallest absolute Gasteiger partial charge is 0.415 e. The molecule has 0 aromatic heterocycles. The number of benzene rings is 2. The van der Waals surface area contributed by atoms with Crippen LogP contribution < -0.4 is 14.8 Å². The first-order valence-electron chi connectivity index (χ1n) is 6.48. The van der Waals surface area contributed by atoms with Gasteiger partial charge in [-0.05, 0) is 18.6 Å². The Morgan fingerprint density at radius 2 is 1.50 bits per heavy atom. The molecule has 0 spiro atoms. The normalized spacial score (nSPS) is 10.4. The van der Waals surface area contributed by atoms with Gasteiger partial charge in [0, 0.05) is 0 Å². The van der Waals surface area contributed by atoms with Crippen molar-refractivity contribution in [1.29, 1.82) is 0 Å². The maximum atomic E-state index is 11.8. The predicted octanol–water partition coefficient (Wildman–Crippen LogP) is 6.39. The van der Waals surface area contributed by atoms with Gasteiger partial charge in [0.2, 0.25) is 0 Å². The van der Waals surface area contributed by atoms with E-state index in [1.54, 1.807) is 12.1 Å². The van der Waals surface area contributed by atoms with Crippen molar-refractivity contribution in [3.05, 3.63) is 54.9 Å². The molecule has 128 valence electrons. The molecule has 0 unspecified atom stereocenters. The van der Waals surface area contributed by atoms with E-state index in [4.69, 9.17) is 67.5 Å². The summed E-state index contributed by atoms with van der Waals surface area (Å²) in [6.07, 6.45) is -0.706. The average Bonchev–Trinajstić information content (AvgIpc) is 2.56. The van der Waals surface area contributed by atoms with Crippen LogP contribution in [-0.2, 0) is 0 Å². The van der Waals surface area contributed by atoms with Crippen molar-refractivity contribution in [3.63, 3.8) is 0 Å². The van der Waals surface area contributed by atoms with Crippen molar-refractivity contribution in [2.24, 2.45) is 0 Å². The number of amides is 1. The van der Waals surface area contributed by atoms with Crippen LogP contribution in [-0.4, -0.2) is 12.8 Å². The summed E-state index contributed by atoms with van der Waals surface area (Å²) in [5.74, 6) is 0.442. The first kappa shape index (κ1) is 19.3. The van der Waals surface area contributed by atoms with Crippen molar-refractivity contribution in [2.75, 3.05) is 6.73 Å². The number of halogens is 5. The van der Waals surface area contributed by atoms with Crippen LogP contribution in [0.3, 0.4) is 0 Å². The minimum atomic E-state index is -0.706. The third-order valence-corrected chi connectivity index (χ3v) is 5.14. The van der Waals surface area contributed by atoms with Crippen LogP contribution in [0.25, 0.3) is 0 Å². The van der Waals surface area contributed by atoms with Crippen LogP contribution in [0.4, 0.5) is 4.79 Å². The lowest BCUT2D eigenvalue weighted by Crippen LogP contribution is -2.30. The van der Waals surface area contributed by atoms with Crippen molar-refractivity contribution in [1.82, 2.24) is 5.32 Å². The number of ether oxygens (including phenoxy) is 2. The molecule has 0 saturated heterocycles. The summed E-state index contributed by atoms with van der Waals surface area (Å²) in [5, 5.41) is 2.41. The van der Waals surface area contributed by atoms with Crippen LogP contribution in [0.15, 0.2) is 24.3 Å². The monoisotopic (exact) mass is 427 g/mol. The zero-order chi connectivity index (χ0) is 17.9. The summed E-state index contributed by atoms with van der Waals surface area (Å²) in [5.41, 5.74) is 0.816. The molecule has 0 aliphatic rings. The van der Waals surface area contributed by atoms with E-state index in [1.807, 2.05) is 19.1 Å². The highest BCUT2D eigenvalue weighted by Crippen LogP contribution is 2.48. The molecule has 0 aliphatic heterocycles. The molecule has 0 fully saturated rings. The Labute approximate surface area is 163 Å². The Hall–Kier alpha value is -1.04. The van der Waals surface area contributed by atoms with Gasteiger partial charge >= 0.3 is 6.09 Å². The minimum Gasteiger partial charge on any atom is -0.470 e. The van der Waals surface area contributed by atoms with Crippen LogP contribution in [0.2, 0.25) is 25.1 Å². The van der Waals surface area contributed by atoms with E-state index in [2.05, 4.69) is 5.32 Å². The van der Waals surface area contributed by atoms with Gasteiger partial charge in [-0.15, -0.1) is 0 Å². The van der Waals surface area contributed by atoms with Crippen LogP contribution in [0.5, 0.6) is 11.5 Å². The first-order chi connectivity index (χ1) is 11.3. The van der Waals surface area contributed by atoms with Crippen LogP contribution in [0.1, 0.15) is 5.56 Å². The largest absolute Gasteiger partial charge is 0.470 e. The van der Waals surface area contributed by atoms with Gasteiger partial charge in [-0.1, -0.05) is 76.2 Å². The van der Waals surface area contributed by atoms with Crippen LogP contribution >= 0.6 is 58.0 Å². The fourth-order valence-corrected chi connectivity index (χ4v) is 2.92. The second kappa shape index (κ2) is 8.37. The molecule has 24 heavy (non-hydrogen) atoms. The zero-order valence-corrected chi connectivity index (χ0v) is 15.9. The number of hydrogen-bond acceptors (Lipinski definition) is 3. The van der Waals surface area contributed by atoms with Crippen molar-refractivity contribution < 1.29 is 14.3 Å². The van der Waals surface area contributed by atoms with Gasteiger partial charge in [-0.2, -0.15) is 0 Å². The molecule has 2 rings (SSSR count). The third kappa shape index (κ3) is 4.32. The Morgan fingerprint density at radius 3 is 2.08 bits per heavy atom. The molecule has 1 amide bonds. The molecular formula is C15H10Cl5NO3. The fourth-order valence-electron chi connectivity index (χ4n) is 1.69. The Balaban J connectivity index is 2.00. The third-order valence-electron chi connectivity index (χ3n) is 2.90. The minimum absolute atomic E-state index is 0.00483. The molecule has 2 aromatic rings. The Morgan fingerprint density at radius 1 is 0.958 bits per heavy atom. The van der Waals surface area contributed by atoms with Crippen molar-refractivity contribution in [3.8, 4) is 11.5 Å². The molecule has 0 atom stereocenters. The van der Waals surface area contributed by atoms with Gasteiger partial charge in [0.25, 0.3) is 0 Å². The molecule has 2 aromatic carbocycles. The van der Waals surface area contributed by atoms with Gasteiger partial charge in [0.05, 0.1) is 15.1 Å². The van der Waals surface area contributed by atoms with E-state index in [-0.39, 0.29) is 37.6 Å². The highest BCUT2D eigenvalue weighted by molar-refractivity contribution is 6.55. The highest BCUT2D eigenvalue weighted by atomic mass is 35.5. The summed E-state index contributed by atoms with van der Waals surface area (Å²) in [4.78, 5) is 11.8. The molecular weight excluding hydrogens is 419 g/mol. The maximum Gasteiger partial charge on any atom is 0.415 e. The maximum absolute atomic E-state index is 11.8. The summed E-state index contributed by atoms with van der Waals surface area (Å²) < 4.78 is 10.5. The fraction of sp³-hybridized carbons (Fsp3) is 0.133. The lowest BCUT2D eigenvalue weighted by Gasteiger charge is -2.14. The molecule has 0 bridgehead atoms. The quantitative estimate of drug-likeness (QED) is 0.348. The van der Waals surface area contributed by atoms with Gasteiger partial charge < -0.3 is 9.47 Å². The molecule has 0 saturated carbocycles. The lowest BCUT2D eigenvalue weighted by atomic mass is 10.2. The number of hydrogen-bond donors (Lipinski definition) is 1. The number of carbonyl (C=O) groups is 1. The van der Waals surface area contributed by atoms with Gasteiger partial charge in [-0.3, -0.25) is 5.32 Å². The summed E-state index contributed by atoms with van der Waals surface area (Å²) >= 11 is 29.8. The number of aryl methyl sites for hydroxylation is 1. The summed E-state index contributed by atoms with van der Waals surface area (Å²) in [7, 11) is 0. The lowest BCUT2D eigenvalue weighted by molar-refractivity contribution is 0.185. The second-order valence-electron chi connectivity index (χ2n) is 4.52. The van der Waals surface area contributed by atoms with E-state index in [9.17, 15) is 4.79 Å². The Bertz CT molecular complexity index is 753. The van der Waals surface area contributed by atoms with E-state index in [1.165, 1.54) is 0 Å². The number of para-hydroxylation sites is 1. The molecule has 1 N–H and O–H groups in total. The van der Waals surface area contributed by atoms with E-state index < -0.39 is 6.09 Å². The van der Waals surface area contributed by atoms with E-state index in [0.29, 0.717) is 5.75 Å². The summed E-state index contributed by atoms with van der Waals surface area (Å²) in [6.45, 7) is 1.55. The average molecular weight is 430 g/mol. The molecule has 0 heterocycles. The molecule has 9 heteroatoms. The SMILES string of the molecule is Cc1ccccc1OC(=O)NCOc1c(Cl)c(Cl)c(Cl)c(Cl)c1Cl. The van der Waals surface area contributed by atoms with Crippen molar-refractivity contribution >= 4 is 64.1 Å². The summed E-state index contributed by atoms with van der Waals surface area (Å²) in [6, 6.07) is 7.07. The van der Waals surface area contributed by atoms with E-state index in [0.717, 1.165) is 5.56 Å². The molecule has 0 aliphatic carbocycles. The number of carbonyl (C=O) groups excluding carboxylic acids is 1. The van der Waals surface area contributed by atoms with Gasteiger partial charge in [-0.25, -0.2) is 4.79 Å². The van der Waals surface area contributed by atoms with Crippen molar-refractivity contribution in [2.45, 2.75) is 6.92 Å². The zero-order valence-electron chi connectivity index (χ0n) is 12.1. The van der Waals surface area contributed by atoms with E-state index >= 15 is 0 Å².